The second-order valence-electron chi connectivity index (χ2n) is 3.88. The predicted molar refractivity (Wildman–Crippen MR) is 39.1 cm³/mol. The molecule has 3 aliphatic rings. The van der Waals surface area contributed by atoms with Crippen molar-refractivity contribution in [3.8, 4) is 0 Å². The van der Waals surface area contributed by atoms with Gasteiger partial charge in [-0.15, -0.1) is 11.6 Å². The van der Waals surface area contributed by atoms with Crippen LogP contribution >= 0.6 is 11.6 Å². The average Bonchev–Trinajstić information content (AvgIpc) is 2.58. The van der Waals surface area contributed by atoms with Crippen LogP contribution in [0.2, 0.25) is 0 Å². The zero-order valence-corrected chi connectivity index (χ0v) is 6.55. The highest BCUT2D eigenvalue weighted by Crippen LogP contribution is 2.58. The van der Waals surface area contributed by atoms with Gasteiger partial charge in [0.2, 0.25) is 0 Å². The molecule has 0 amide bonds. The summed E-state index contributed by atoms with van der Waals surface area (Å²) in [4.78, 5) is 0. The number of hydrogen-bond donors (Lipinski definition) is 0. The van der Waals surface area contributed by atoms with Gasteiger partial charge in [-0.25, -0.2) is 0 Å². The van der Waals surface area contributed by atoms with Crippen molar-refractivity contribution in [1.82, 2.24) is 0 Å². The van der Waals surface area contributed by atoms with Gasteiger partial charge in [-0.2, -0.15) is 0 Å². The Bertz CT molecular complexity index is 171. The number of rotatable bonds is 1. The fourth-order valence-electron chi connectivity index (χ4n) is 2.91. The van der Waals surface area contributed by atoms with E-state index in [2.05, 4.69) is 0 Å². The monoisotopic (exact) mass is 158 g/mol. The third-order valence-corrected chi connectivity index (χ3v) is 3.83. The minimum atomic E-state index is 0.641. The maximum absolute atomic E-state index is 5.83. The van der Waals surface area contributed by atoms with Crippen molar-refractivity contribution in [3.63, 3.8) is 0 Å². The smallest absolute Gasteiger partial charge is 0.0876 e. The van der Waals surface area contributed by atoms with Crippen LogP contribution in [0, 0.1) is 17.8 Å². The first kappa shape index (κ1) is 5.84. The van der Waals surface area contributed by atoms with Crippen LogP contribution in [0.5, 0.6) is 0 Å². The molecule has 1 saturated heterocycles. The third kappa shape index (κ3) is 0.543. The molecule has 3 fully saturated rings. The zero-order chi connectivity index (χ0) is 6.72. The summed E-state index contributed by atoms with van der Waals surface area (Å²) in [5, 5.41) is 0. The van der Waals surface area contributed by atoms with E-state index in [4.69, 9.17) is 16.3 Å². The average molecular weight is 159 g/mol. The molecule has 5 atom stereocenters. The van der Waals surface area contributed by atoms with Gasteiger partial charge < -0.3 is 4.74 Å². The molecule has 1 nitrogen and oxygen atoms in total. The van der Waals surface area contributed by atoms with E-state index >= 15 is 0 Å². The molecule has 1 heterocycles. The van der Waals surface area contributed by atoms with Crippen LogP contribution in [0.4, 0.5) is 0 Å². The summed E-state index contributed by atoms with van der Waals surface area (Å²) in [6, 6.07) is 0. The minimum absolute atomic E-state index is 0.641. The second-order valence-corrected chi connectivity index (χ2v) is 4.18. The van der Waals surface area contributed by atoms with Gasteiger partial charge in [-0.1, -0.05) is 0 Å². The molecule has 2 aliphatic carbocycles. The van der Waals surface area contributed by atoms with E-state index in [0.717, 1.165) is 23.6 Å². The van der Waals surface area contributed by atoms with E-state index in [-0.39, 0.29) is 0 Å². The molecular weight excluding hydrogens is 148 g/mol. The lowest BCUT2D eigenvalue weighted by atomic mass is 9.90. The predicted octanol–water partition coefficient (Wildman–Crippen LogP) is 1.65. The van der Waals surface area contributed by atoms with Gasteiger partial charge in [0.15, 0.2) is 0 Å². The fourth-order valence-corrected chi connectivity index (χ4v) is 3.26. The van der Waals surface area contributed by atoms with Gasteiger partial charge in [0.05, 0.1) is 12.2 Å². The standard InChI is InChI=1S/C8H11ClO/c9-3-5-1-4-2-6(5)8-7(4)10-8/h4-8H,1-3H2. The molecule has 5 unspecified atom stereocenters. The summed E-state index contributed by atoms with van der Waals surface area (Å²) in [5.41, 5.74) is 0. The van der Waals surface area contributed by atoms with Gasteiger partial charge >= 0.3 is 0 Å². The van der Waals surface area contributed by atoms with Crippen molar-refractivity contribution in [2.75, 3.05) is 5.88 Å². The quantitative estimate of drug-likeness (QED) is 0.418. The van der Waals surface area contributed by atoms with Crippen molar-refractivity contribution >= 4 is 11.6 Å². The van der Waals surface area contributed by atoms with Crippen molar-refractivity contribution in [1.29, 1.82) is 0 Å². The molecule has 2 saturated carbocycles. The molecule has 0 radical (unpaired) electrons. The van der Waals surface area contributed by atoms with Crippen LogP contribution in [0.1, 0.15) is 12.8 Å². The summed E-state index contributed by atoms with van der Waals surface area (Å²) in [6.45, 7) is 0. The minimum Gasteiger partial charge on any atom is -0.369 e. The Labute approximate surface area is 65.7 Å². The van der Waals surface area contributed by atoms with Crippen molar-refractivity contribution in [3.05, 3.63) is 0 Å². The third-order valence-electron chi connectivity index (χ3n) is 3.43. The van der Waals surface area contributed by atoms with Crippen LogP contribution in [0.25, 0.3) is 0 Å². The lowest BCUT2D eigenvalue weighted by molar-refractivity contribution is 0.255. The lowest BCUT2D eigenvalue weighted by Gasteiger charge is -2.14. The lowest BCUT2D eigenvalue weighted by Crippen LogP contribution is -2.18. The summed E-state index contributed by atoms with van der Waals surface area (Å²) < 4.78 is 5.51. The van der Waals surface area contributed by atoms with Gasteiger partial charge in [-0.3, -0.25) is 0 Å². The number of alkyl halides is 1. The van der Waals surface area contributed by atoms with Gasteiger partial charge in [0.1, 0.15) is 0 Å². The zero-order valence-electron chi connectivity index (χ0n) is 5.79. The van der Waals surface area contributed by atoms with Crippen LogP contribution in [-0.4, -0.2) is 18.1 Å². The van der Waals surface area contributed by atoms with E-state index < -0.39 is 0 Å². The number of fused-ring (bicyclic) bond motifs is 5. The molecule has 56 valence electrons. The summed E-state index contributed by atoms with van der Waals surface area (Å²) in [5.74, 6) is 3.37. The highest BCUT2D eigenvalue weighted by atomic mass is 35.5. The summed E-state index contributed by atoms with van der Waals surface area (Å²) in [6.07, 6.45) is 4.06. The van der Waals surface area contributed by atoms with Crippen molar-refractivity contribution < 1.29 is 4.74 Å². The molecule has 2 heteroatoms. The Morgan fingerprint density at radius 2 is 2.20 bits per heavy atom. The molecule has 3 rings (SSSR count). The van der Waals surface area contributed by atoms with Crippen molar-refractivity contribution in [2.45, 2.75) is 25.0 Å². The molecule has 0 spiro atoms. The molecule has 10 heavy (non-hydrogen) atoms. The number of halogens is 1. The highest BCUT2D eigenvalue weighted by molar-refractivity contribution is 6.18. The first-order valence-corrected chi connectivity index (χ1v) is 4.65. The first-order chi connectivity index (χ1) is 4.90. The van der Waals surface area contributed by atoms with E-state index in [1.54, 1.807) is 0 Å². The maximum Gasteiger partial charge on any atom is 0.0876 e. The van der Waals surface area contributed by atoms with Gasteiger partial charge in [0.25, 0.3) is 0 Å². The Morgan fingerprint density at radius 1 is 1.30 bits per heavy atom. The largest absolute Gasteiger partial charge is 0.369 e. The van der Waals surface area contributed by atoms with Crippen molar-refractivity contribution in [2.24, 2.45) is 17.8 Å². The topological polar surface area (TPSA) is 12.5 Å². The van der Waals surface area contributed by atoms with Crippen LogP contribution in [0.15, 0.2) is 0 Å². The van der Waals surface area contributed by atoms with E-state index in [1.165, 1.54) is 12.8 Å². The Balaban J connectivity index is 1.85. The van der Waals surface area contributed by atoms with E-state index in [0.29, 0.717) is 12.2 Å². The molecule has 0 aromatic carbocycles. The van der Waals surface area contributed by atoms with Crippen LogP contribution in [-0.2, 0) is 4.74 Å². The first-order valence-electron chi connectivity index (χ1n) is 4.11. The van der Waals surface area contributed by atoms with Gasteiger partial charge in [-0.05, 0) is 30.6 Å². The SMILES string of the molecule is ClCC1CC2CC1C1OC21. The Morgan fingerprint density at radius 3 is 2.80 bits per heavy atom. The fraction of sp³-hybridized carbons (Fsp3) is 1.00. The number of epoxide rings is 1. The molecule has 2 bridgehead atoms. The summed E-state index contributed by atoms with van der Waals surface area (Å²) >= 11 is 5.83. The normalized spacial score (nSPS) is 62.7. The van der Waals surface area contributed by atoms with Crippen LogP contribution in [0.3, 0.4) is 0 Å². The molecule has 0 N–H and O–H groups in total. The highest BCUT2D eigenvalue weighted by Gasteiger charge is 2.62. The molecule has 0 aromatic heterocycles. The van der Waals surface area contributed by atoms with E-state index in [9.17, 15) is 0 Å². The molecule has 1 aliphatic heterocycles. The Kier molecular flexibility index (Phi) is 0.993. The number of ether oxygens (including phenoxy) is 1. The summed E-state index contributed by atoms with van der Waals surface area (Å²) in [7, 11) is 0. The van der Waals surface area contributed by atoms with E-state index in [1.807, 2.05) is 0 Å². The molecule has 0 aromatic rings. The maximum atomic E-state index is 5.83. The number of hydrogen-bond acceptors (Lipinski definition) is 1. The van der Waals surface area contributed by atoms with Crippen LogP contribution < -0.4 is 0 Å². The Hall–Kier alpha value is 0.250. The van der Waals surface area contributed by atoms with Gasteiger partial charge in [0, 0.05) is 5.88 Å². The second kappa shape index (κ2) is 1.70. The molecular formula is C8H11ClO.